The lowest BCUT2D eigenvalue weighted by molar-refractivity contribution is 0.585. The number of nitrogens with one attached hydrogen (secondary N) is 1. The van der Waals surface area contributed by atoms with Crippen molar-refractivity contribution in [2.24, 2.45) is 0 Å². The first-order valence-electron chi connectivity index (χ1n) is 6.78. The Kier molecular flexibility index (Phi) is 8.12. The van der Waals surface area contributed by atoms with E-state index in [1.807, 2.05) is 12.1 Å². The maximum atomic E-state index is 5.84. The molecule has 0 unspecified atom stereocenters. The molecule has 1 N–H and O–H groups in total. The lowest BCUT2D eigenvalue weighted by atomic mass is 10.1. The van der Waals surface area contributed by atoms with Crippen LogP contribution >= 0.6 is 11.6 Å². The van der Waals surface area contributed by atoms with Gasteiger partial charge in [-0.15, -0.1) is 0 Å². The smallest absolute Gasteiger partial charge is 0.0406 e. The van der Waals surface area contributed by atoms with Crippen LogP contribution in [0.3, 0.4) is 0 Å². The van der Waals surface area contributed by atoms with Crippen molar-refractivity contribution >= 4 is 11.6 Å². The molecule has 1 rings (SSSR count). The summed E-state index contributed by atoms with van der Waals surface area (Å²) in [6.07, 6.45) is 7.70. The van der Waals surface area contributed by atoms with Crippen LogP contribution < -0.4 is 5.32 Å². The summed E-state index contributed by atoms with van der Waals surface area (Å²) in [5.74, 6) is 0. The van der Waals surface area contributed by atoms with Gasteiger partial charge in [0.05, 0.1) is 0 Å². The molecular formula is C15H24ClN. The number of rotatable bonds is 9. The second-order valence-corrected chi connectivity index (χ2v) is 4.98. The van der Waals surface area contributed by atoms with E-state index in [9.17, 15) is 0 Å². The van der Waals surface area contributed by atoms with Crippen molar-refractivity contribution in [1.82, 2.24) is 5.32 Å². The van der Waals surface area contributed by atoms with Gasteiger partial charge in [0.1, 0.15) is 0 Å². The molecule has 0 saturated carbocycles. The first-order valence-corrected chi connectivity index (χ1v) is 7.16. The van der Waals surface area contributed by atoms with Crippen LogP contribution in [-0.4, -0.2) is 13.1 Å². The summed E-state index contributed by atoms with van der Waals surface area (Å²) in [5, 5.41) is 4.32. The molecular weight excluding hydrogens is 230 g/mol. The number of unbranched alkanes of at least 4 members (excludes halogenated alkanes) is 3. The Morgan fingerprint density at radius 2 is 1.65 bits per heavy atom. The minimum absolute atomic E-state index is 0.822. The Balaban J connectivity index is 1.95. The molecule has 1 aromatic rings. The standard InChI is InChI=1S/C15H24ClN/c1-2-3-4-5-12-17-13-6-7-14-8-10-15(16)11-9-14/h8-11,17H,2-7,12-13H2,1H3. The van der Waals surface area contributed by atoms with Crippen molar-refractivity contribution in [2.45, 2.75) is 45.4 Å². The minimum atomic E-state index is 0.822. The zero-order valence-corrected chi connectivity index (χ0v) is 11.6. The van der Waals surface area contributed by atoms with Gasteiger partial charge in [0.25, 0.3) is 0 Å². The van der Waals surface area contributed by atoms with Crippen molar-refractivity contribution < 1.29 is 0 Å². The maximum absolute atomic E-state index is 5.84. The van der Waals surface area contributed by atoms with E-state index in [4.69, 9.17) is 11.6 Å². The second kappa shape index (κ2) is 9.49. The Morgan fingerprint density at radius 3 is 2.35 bits per heavy atom. The van der Waals surface area contributed by atoms with Crippen LogP contribution in [0.25, 0.3) is 0 Å². The molecule has 0 bridgehead atoms. The normalized spacial score (nSPS) is 10.7. The fourth-order valence-electron chi connectivity index (χ4n) is 1.87. The van der Waals surface area contributed by atoms with Crippen LogP contribution in [0.15, 0.2) is 24.3 Å². The fourth-order valence-corrected chi connectivity index (χ4v) is 2.00. The van der Waals surface area contributed by atoms with Crippen molar-refractivity contribution in [2.75, 3.05) is 13.1 Å². The fraction of sp³-hybridized carbons (Fsp3) is 0.600. The van der Waals surface area contributed by atoms with E-state index in [0.717, 1.165) is 18.0 Å². The van der Waals surface area contributed by atoms with Crippen LogP contribution in [0.5, 0.6) is 0 Å². The van der Waals surface area contributed by atoms with E-state index in [0.29, 0.717) is 0 Å². The third kappa shape index (κ3) is 7.40. The SMILES string of the molecule is CCCCCCNCCCc1ccc(Cl)cc1. The van der Waals surface area contributed by atoms with Crippen molar-refractivity contribution in [3.8, 4) is 0 Å². The van der Waals surface area contributed by atoms with Crippen LogP contribution in [0.1, 0.15) is 44.6 Å². The summed E-state index contributed by atoms with van der Waals surface area (Å²) in [6, 6.07) is 8.16. The van der Waals surface area contributed by atoms with Gasteiger partial charge in [0.2, 0.25) is 0 Å². The largest absolute Gasteiger partial charge is 0.317 e. The predicted octanol–water partition coefficient (Wildman–Crippen LogP) is 4.44. The molecule has 0 fully saturated rings. The number of benzene rings is 1. The highest BCUT2D eigenvalue weighted by Crippen LogP contribution is 2.10. The zero-order valence-electron chi connectivity index (χ0n) is 10.8. The topological polar surface area (TPSA) is 12.0 Å². The molecule has 0 aliphatic carbocycles. The van der Waals surface area contributed by atoms with E-state index in [1.165, 1.54) is 44.2 Å². The number of hydrogen-bond donors (Lipinski definition) is 1. The van der Waals surface area contributed by atoms with E-state index in [2.05, 4.69) is 24.4 Å². The lowest BCUT2D eigenvalue weighted by Gasteiger charge is -2.05. The number of aryl methyl sites for hydroxylation is 1. The van der Waals surface area contributed by atoms with Gasteiger partial charge in [-0.1, -0.05) is 49.9 Å². The van der Waals surface area contributed by atoms with Crippen molar-refractivity contribution in [3.05, 3.63) is 34.9 Å². The summed E-state index contributed by atoms with van der Waals surface area (Å²) in [7, 11) is 0. The van der Waals surface area contributed by atoms with E-state index >= 15 is 0 Å². The van der Waals surface area contributed by atoms with Gasteiger partial charge in [-0.2, -0.15) is 0 Å². The predicted molar refractivity (Wildman–Crippen MR) is 76.8 cm³/mol. The van der Waals surface area contributed by atoms with Gasteiger partial charge >= 0.3 is 0 Å². The molecule has 0 aromatic heterocycles. The van der Waals surface area contributed by atoms with Crippen LogP contribution in [0, 0.1) is 0 Å². The number of hydrogen-bond acceptors (Lipinski definition) is 1. The Labute approximate surface area is 111 Å². The first-order chi connectivity index (χ1) is 8.33. The van der Waals surface area contributed by atoms with Gasteiger partial charge in [0, 0.05) is 5.02 Å². The van der Waals surface area contributed by atoms with Crippen molar-refractivity contribution in [3.63, 3.8) is 0 Å². The average molecular weight is 254 g/mol. The highest BCUT2D eigenvalue weighted by molar-refractivity contribution is 6.30. The minimum Gasteiger partial charge on any atom is -0.317 e. The summed E-state index contributed by atoms with van der Waals surface area (Å²) in [4.78, 5) is 0. The molecule has 0 heterocycles. The van der Waals surface area contributed by atoms with E-state index in [1.54, 1.807) is 0 Å². The quantitative estimate of drug-likeness (QED) is 0.642. The monoisotopic (exact) mass is 253 g/mol. The van der Waals surface area contributed by atoms with Crippen molar-refractivity contribution in [1.29, 1.82) is 0 Å². The summed E-state index contributed by atoms with van der Waals surface area (Å²) < 4.78 is 0. The van der Waals surface area contributed by atoms with Gasteiger partial charge in [0.15, 0.2) is 0 Å². The van der Waals surface area contributed by atoms with E-state index < -0.39 is 0 Å². The molecule has 0 saturated heterocycles. The third-order valence-corrected chi connectivity index (χ3v) is 3.19. The highest BCUT2D eigenvalue weighted by atomic mass is 35.5. The summed E-state index contributed by atoms with van der Waals surface area (Å²) >= 11 is 5.84. The molecule has 1 nitrogen and oxygen atoms in total. The molecule has 0 aliphatic heterocycles. The van der Waals surface area contributed by atoms with Gasteiger partial charge in [-0.3, -0.25) is 0 Å². The van der Waals surface area contributed by atoms with Gasteiger partial charge < -0.3 is 5.32 Å². The Hall–Kier alpha value is -0.530. The Bertz CT molecular complexity index is 281. The van der Waals surface area contributed by atoms with Crippen LogP contribution in [-0.2, 0) is 6.42 Å². The molecule has 0 atom stereocenters. The molecule has 0 amide bonds. The molecule has 17 heavy (non-hydrogen) atoms. The maximum Gasteiger partial charge on any atom is 0.0406 e. The van der Waals surface area contributed by atoms with Gasteiger partial charge in [-0.05, 0) is 50.0 Å². The molecule has 0 aliphatic rings. The highest BCUT2D eigenvalue weighted by Gasteiger charge is 1.94. The summed E-state index contributed by atoms with van der Waals surface area (Å²) in [5.41, 5.74) is 1.38. The number of halogens is 1. The molecule has 0 radical (unpaired) electrons. The molecule has 0 spiro atoms. The first kappa shape index (κ1) is 14.5. The molecule has 1 aromatic carbocycles. The Morgan fingerprint density at radius 1 is 0.941 bits per heavy atom. The zero-order chi connectivity index (χ0) is 12.3. The van der Waals surface area contributed by atoms with E-state index in [-0.39, 0.29) is 0 Å². The van der Waals surface area contributed by atoms with Crippen LogP contribution in [0.4, 0.5) is 0 Å². The summed E-state index contributed by atoms with van der Waals surface area (Å²) in [6.45, 7) is 4.54. The van der Waals surface area contributed by atoms with Gasteiger partial charge in [-0.25, -0.2) is 0 Å². The third-order valence-electron chi connectivity index (χ3n) is 2.94. The second-order valence-electron chi connectivity index (χ2n) is 4.54. The van der Waals surface area contributed by atoms with Crippen LogP contribution in [0.2, 0.25) is 5.02 Å². The molecule has 2 heteroatoms. The average Bonchev–Trinajstić information content (AvgIpc) is 2.35. The molecule has 96 valence electrons. The lowest BCUT2D eigenvalue weighted by Crippen LogP contribution is -2.17.